The lowest BCUT2D eigenvalue weighted by Gasteiger charge is -2.11. The molecular formula is C18H17F3N2O4S. The Labute approximate surface area is 159 Å². The van der Waals surface area contributed by atoms with Crippen LogP contribution >= 0.6 is 0 Å². The van der Waals surface area contributed by atoms with Gasteiger partial charge in [0.05, 0.1) is 4.90 Å². The van der Waals surface area contributed by atoms with Crippen molar-refractivity contribution in [2.24, 2.45) is 5.92 Å². The van der Waals surface area contributed by atoms with E-state index in [1.54, 1.807) is 24.3 Å². The highest BCUT2D eigenvalue weighted by atomic mass is 32.2. The number of carbonyl (C=O) groups excluding carboxylic acids is 1. The standard InChI is InChI=1S/C18H17F3N2O4S/c19-18(20,21)27-15-6-8-16(9-7-15)28(25,26)22-11-12-2-1-3-14(10-12)23-17(24)13-4-5-13/h1-3,6-10,13,22H,4-5,11H2,(H,23,24). The number of halogens is 3. The fourth-order valence-electron chi connectivity index (χ4n) is 2.43. The number of carbonyl (C=O) groups is 1. The van der Waals surface area contributed by atoms with Gasteiger partial charge in [-0.2, -0.15) is 0 Å². The van der Waals surface area contributed by atoms with Gasteiger partial charge in [0.15, 0.2) is 0 Å². The number of ether oxygens (including phenoxy) is 1. The molecule has 0 unspecified atom stereocenters. The van der Waals surface area contributed by atoms with Gasteiger partial charge in [-0.1, -0.05) is 12.1 Å². The van der Waals surface area contributed by atoms with Crippen LogP contribution in [0.4, 0.5) is 18.9 Å². The monoisotopic (exact) mass is 414 g/mol. The second-order valence-corrected chi connectivity index (χ2v) is 8.07. The smallest absolute Gasteiger partial charge is 0.406 e. The maximum atomic E-state index is 12.3. The van der Waals surface area contributed by atoms with Crippen LogP contribution in [0.1, 0.15) is 18.4 Å². The second-order valence-electron chi connectivity index (χ2n) is 6.31. The van der Waals surface area contributed by atoms with Crippen molar-refractivity contribution in [3.8, 4) is 5.75 Å². The predicted molar refractivity (Wildman–Crippen MR) is 94.9 cm³/mol. The lowest BCUT2D eigenvalue weighted by molar-refractivity contribution is -0.274. The second kappa shape index (κ2) is 7.80. The lowest BCUT2D eigenvalue weighted by Crippen LogP contribution is -2.23. The molecule has 0 aliphatic heterocycles. The fourth-order valence-corrected chi connectivity index (χ4v) is 3.45. The van der Waals surface area contributed by atoms with Crippen LogP contribution in [0.15, 0.2) is 53.4 Å². The lowest BCUT2D eigenvalue weighted by atomic mass is 10.2. The topological polar surface area (TPSA) is 84.5 Å². The van der Waals surface area contributed by atoms with Crippen molar-refractivity contribution in [3.63, 3.8) is 0 Å². The predicted octanol–water partition coefficient (Wildman–Crippen LogP) is 3.41. The minimum absolute atomic E-state index is 0.0454. The molecule has 2 aromatic carbocycles. The molecular weight excluding hydrogens is 397 g/mol. The molecule has 1 aliphatic carbocycles. The Bertz CT molecular complexity index is 956. The normalized spacial score (nSPS) is 14.5. The molecule has 2 aromatic rings. The molecule has 1 aliphatic rings. The highest BCUT2D eigenvalue weighted by Crippen LogP contribution is 2.30. The van der Waals surface area contributed by atoms with E-state index in [2.05, 4.69) is 14.8 Å². The molecule has 0 atom stereocenters. The van der Waals surface area contributed by atoms with E-state index >= 15 is 0 Å². The molecule has 1 saturated carbocycles. The summed E-state index contributed by atoms with van der Waals surface area (Å²) in [6.45, 7) is -0.0454. The van der Waals surface area contributed by atoms with Crippen molar-refractivity contribution in [2.45, 2.75) is 30.6 Å². The van der Waals surface area contributed by atoms with E-state index in [4.69, 9.17) is 0 Å². The maximum Gasteiger partial charge on any atom is 0.573 e. The van der Waals surface area contributed by atoms with Crippen LogP contribution in [0, 0.1) is 5.92 Å². The molecule has 10 heteroatoms. The number of hydrogen-bond acceptors (Lipinski definition) is 4. The Hall–Kier alpha value is -2.59. The van der Waals surface area contributed by atoms with Gasteiger partial charge in [0.1, 0.15) is 5.75 Å². The Morgan fingerprint density at radius 1 is 1.11 bits per heavy atom. The average molecular weight is 414 g/mol. The third-order valence-electron chi connectivity index (χ3n) is 3.98. The van der Waals surface area contributed by atoms with Crippen LogP contribution in [-0.2, 0) is 21.4 Å². The van der Waals surface area contributed by atoms with Crippen LogP contribution < -0.4 is 14.8 Å². The van der Waals surface area contributed by atoms with Gasteiger partial charge in [-0.15, -0.1) is 13.2 Å². The van der Waals surface area contributed by atoms with E-state index in [1.165, 1.54) is 0 Å². The minimum Gasteiger partial charge on any atom is -0.406 e. The number of anilines is 1. The van der Waals surface area contributed by atoms with Crippen molar-refractivity contribution >= 4 is 21.6 Å². The molecule has 150 valence electrons. The summed E-state index contributed by atoms with van der Waals surface area (Å²) in [5.41, 5.74) is 1.19. The first-order valence-electron chi connectivity index (χ1n) is 8.38. The number of benzene rings is 2. The molecule has 2 N–H and O–H groups in total. The molecule has 0 bridgehead atoms. The number of hydrogen-bond donors (Lipinski definition) is 2. The molecule has 1 amide bonds. The first-order valence-corrected chi connectivity index (χ1v) is 9.86. The van der Waals surface area contributed by atoms with E-state index in [9.17, 15) is 26.4 Å². The zero-order chi connectivity index (χ0) is 20.4. The molecule has 1 fully saturated rings. The molecule has 0 aromatic heterocycles. The summed E-state index contributed by atoms with van der Waals surface area (Å²) >= 11 is 0. The highest BCUT2D eigenvalue weighted by molar-refractivity contribution is 7.89. The summed E-state index contributed by atoms with van der Waals surface area (Å²) in [6.07, 6.45) is -3.10. The van der Waals surface area contributed by atoms with Gasteiger partial charge in [-0.25, -0.2) is 13.1 Å². The number of sulfonamides is 1. The van der Waals surface area contributed by atoms with Crippen LogP contribution in [0.25, 0.3) is 0 Å². The summed E-state index contributed by atoms with van der Waals surface area (Å²) < 4.78 is 67.2. The Kier molecular flexibility index (Phi) is 5.61. The summed E-state index contributed by atoms with van der Waals surface area (Å²) in [6, 6.07) is 10.6. The fraction of sp³-hybridized carbons (Fsp3) is 0.278. The number of nitrogens with one attached hydrogen (secondary N) is 2. The molecule has 6 nitrogen and oxygen atoms in total. The third-order valence-corrected chi connectivity index (χ3v) is 5.39. The van der Waals surface area contributed by atoms with Gasteiger partial charge in [0, 0.05) is 18.2 Å². The first-order chi connectivity index (χ1) is 13.1. The minimum atomic E-state index is -4.85. The van der Waals surface area contributed by atoms with Crippen LogP contribution in [0.5, 0.6) is 5.75 Å². The van der Waals surface area contributed by atoms with Gasteiger partial charge in [0.2, 0.25) is 15.9 Å². The summed E-state index contributed by atoms with van der Waals surface area (Å²) in [5, 5.41) is 2.78. The Balaban J connectivity index is 1.62. The van der Waals surface area contributed by atoms with E-state index in [-0.39, 0.29) is 23.3 Å². The molecule has 0 saturated heterocycles. The van der Waals surface area contributed by atoms with E-state index in [0.29, 0.717) is 11.3 Å². The van der Waals surface area contributed by atoms with E-state index in [1.807, 2.05) is 0 Å². The SMILES string of the molecule is O=C(Nc1cccc(CNS(=O)(=O)c2ccc(OC(F)(F)F)cc2)c1)C1CC1. The molecule has 0 spiro atoms. The molecule has 0 heterocycles. The number of amides is 1. The Morgan fingerprint density at radius 3 is 2.39 bits per heavy atom. The van der Waals surface area contributed by atoms with Gasteiger partial charge in [-0.3, -0.25) is 4.79 Å². The third kappa shape index (κ3) is 5.70. The van der Waals surface area contributed by atoms with Crippen LogP contribution in [0.2, 0.25) is 0 Å². The van der Waals surface area contributed by atoms with E-state index in [0.717, 1.165) is 37.1 Å². The summed E-state index contributed by atoms with van der Waals surface area (Å²) in [4.78, 5) is 11.6. The van der Waals surface area contributed by atoms with Gasteiger partial charge in [-0.05, 0) is 54.8 Å². The van der Waals surface area contributed by atoms with Crippen LogP contribution in [0.3, 0.4) is 0 Å². The highest BCUT2D eigenvalue weighted by Gasteiger charge is 2.31. The summed E-state index contributed by atoms with van der Waals surface area (Å²) in [7, 11) is -3.93. The van der Waals surface area contributed by atoms with Crippen molar-refractivity contribution in [1.29, 1.82) is 0 Å². The number of alkyl halides is 3. The quantitative estimate of drug-likeness (QED) is 0.727. The zero-order valence-electron chi connectivity index (χ0n) is 14.5. The van der Waals surface area contributed by atoms with Crippen molar-refractivity contribution in [2.75, 3.05) is 5.32 Å². The Morgan fingerprint density at radius 2 is 1.79 bits per heavy atom. The number of rotatable bonds is 7. The maximum absolute atomic E-state index is 12.3. The van der Waals surface area contributed by atoms with Gasteiger partial charge >= 0.3 is 6.36 Å². The van der Waals surface area contributed by atoms with Crippen molar-refractivity contribution < 1.29 is 31.1 Å². The molecule has 28 heavy (non-hydrogen) atoms. The van der Waals surface area contributed by atoms with Gasteiger partial charge in [0.25, 0.3) is 0 Å². The zero-order valence-corrected chi connectivity index (χ0v) is 15.3. The largest absolute Gasteiger partial charge is 0.573 e. The summed E-state index contributed by atoms with van der Waals surface area (Å²) in [5.74, 6) is -0.518. The van der Waals surface area contributed by atoms with E-state index < -0.39 is 22.1 Å². The van der Waals surface area contributed by atoms with Crippen LogP contribution in [-0.4, -0.2) is 20.7 Å². The van der Waals surface area contributed by atoms with Crippen molar-refractivity contribution in [1.82, 2.24) is 4.72 Å². The van der Waals surface area contributed by atoms with Crippen molar-refractivity contribution in [3.05, 3.63) is 54.1 Å². The first kappa shape index (κ1) is 20.2. The molecule has 3 rings (SSSR count). The molecule has 0 radical (unpaired) electrons. The average Bonchev–Trinajstić information content (AvgIpc) is 3.45. The van der Waals surface area contributed by atoms with Gasteiger partial charge < -0.3 is 10.1 Å².